The predicted molar refractivity (Wildman–Crippen MR) is 206 cm³/mol. The zero-order valence-electron chi connectivity index (χ0n) is 36.3. The van der Waals surface area contributed by atoms with Crippen molar-refractivity contribution in [3.8, 4) is 0 Å². The molecule has 3 heterocycles. The Bertz CT molecular complexity index is 1310. The van der Waals surface area contributed by atoms with E-state index in [2.05, 4.69) is 0 Å². The molecule has 0 spiro atoms. The van der Waals surface area contributed by atoms with Gasteiger partial charge in [-0.2, -0.15) is 0 Å². The number of likely N-dealkylation sites (N-methyl/N-ethyl adjacent to an activating group) is 1. The van der Waals surface area contributed by atoms with E-state index in [1.165, 1.54) is 34.8 Å². The summed E-state index contributed by atoms with van der Waals surface area (Å²) in [5.41, 5.74) is -4.84. The first-order chi connectivity index (χ1) is 26.1. The molecule has 57 heavy (non-hydrogen) atoms. The quantitative estimate of drug-likeness (QED) is 0.170. The Kier molecular flexibility index (Phi) is 18.5. The average Bonchev–Trinajstić information content (AvgIpc) is 3.12. The van der Waals surface area contributed by atoms with Crippen LogP contribution in [0.1, 0.15) is 102 Å². The number of aliphatic carboxylic acids is 1. The van der Waals surface area contributed by atoms with Gasteiger partial charge in [0.05, 0.1) is 47.6 Å². The third-order valence-corrected chi connectivity index (χ3v) is 12.2. The first kappa shape index (κ1) is 51.3. The summed E-state index contributed by atoms with van der Waals surface area (Å²) in [5.74, 6) is -6.16. The average molecular weight is 824 g/mol. The third kappa shape index (κ3) is 12.4. The van der Waals surface area contributed by atoms with E-state index >= 15 is 0 Å². The van der Waals surface area contributed by atoms with Crippen LogP contribution in [-0.4, -0.2) is 170 Å². The van der Waals surface area contributed by atoms with Crippen molar-refractivity contribution in [2.75, 3.05) is 21.2 Å². The molecule has 0 aromatic heterocycles. The van der Waals surface area contributed by atoms with Gasteiger partial charge in [0.15, 0.2) is 12.6 Å². The molecular formula is C40H73NO16. The lowest BCUT2D eigenvalue weighted by molar-refractivity contribution is -0.318. The monoisotopic (exact) mass is 823 g/mol. The standard InChI is InChI=1S/C37H67NO13.C3H6O3/c1-14-25-37(10,45)30(41)20(4)27(39)18(2)16-35(8,44)32(51-34-28(40)24(38(11)12)15-19(3)47-34)21(5)29(22(6)33(43)49-25)50-26-17-36(9,46-13)31(42)23(7)48-26;1-2(4)3(5)6/h18-26,28-32,34,40-42,44-45H,14-17H2,1-13H3;2,4H,1H3,(H,5,6)/t18-,19-,20+,21+,22-,23+,24+,25-,26+,28-,29+,30-,31+,32-,34+,35-,36-,37-;/m1./s1. The van der Waals surface area contributed by atoms with Gasteiger partial charge in [-0.25, -0.2) is 4.79 Å². The normalized spacial score (nSPS) is 45.9. The van der Waals surface area contributed by atoms with Gasteiger partial charge in [-0.3, -0.25) is 9.59 Å². The minimum atomic E-state index is -1.99. The molecule has 0 aromatic carbocycles. The number of aliphatic hydroxyl groups is 6. The van der Waals surface area contributed by atoms with Crippen LogP contribution < -0.4 is 0 Å². The van der Waals surface area contributed by atoms with E-state index in [0.717, 1.165) is 0 Å². The van der Waals surface area contributed by atoms with Crippen LogP contribution in [0.15, 0.2) is 0 Å². The molecule has 1 unspecified atom stereocenters. The molecule has 0 aliphatic carbocycles. The maximum Gasteiger partial charge on any atom is 0.332 e. The molecule has 3 rings (SSSR count). The lowest BCUT2D eigenvalue weighted by Gasteiger charge is -2.49. The number of cyclic esters (lactones) is 1. The molecule has 0 bridgehead atoms. The Morgan fingerprint density at radius 1 is 0.930 bits per heavy atom. The summed E-state index contributed by atoms with van der Waals surface area (Å²) in [6.07, 6.45) is -10.9. The summed E-state index contributed by atoms with van der Waals surface area (Å²) in [5, 5.41) is 73.4. The van der Waals surface area contributed by atoms with Gasteiger partial charge in [-0.15, -0.1) is 0 Å². The Balaban J connectivity index is 0.00000173. The maximum absolute atomic E-state index is 14.1. The minimum Gasteiger partial charge on any atom is -0.479 e. The summed E-state index contributed by atoms with van der Waals surface area (Å²) in [6.45, 7) is 17.5. The largest absolute Gasteiger partial charge is 0.479 e. The molecule has 3 saturated heterocycles. The van der Waals surface area contributed by atoms with Crippen LogP contribution in [0.25, 0.3) is 0 Å². The second kappa shape index (κ2) is 20.6. The van der Waals surface area contributed by atoms with Crippen molar-refractivity contribution in [2.45, 2.75) is 192 Å². The molecule has 0 amide bonds. The van der Waals surface area contributed by atoms with E-state index in [0.29, 0.717) is 6.42 Å². The van der Waals surface area contributed by atoms with Crippen LogP contribution in [0.2, 0.25) is 0 Å². The number of ether oxygens (including phenoxy) is 6. The van der Waals surface area contributed by atoms with Crippen LogP contribution >= 0.6 is 0 Å². The molecule has 334 valence electrons. The lowest BCUT2D eigenvalue weighted by Crippen LogP contribution is -2.61. The number of aliphatic hydroxyl groups excluding tert-OH is 4. The summed E-state index contributed by atoms with van der Waals surface area (Å²) in [4.78, 5) is 39.2. The van der Waals surface area contributed by atoms with Crippen LogP contribution in [0.3, 0.4) is 0 Å². The van der Waals surface area contributed by atoms with Crippen molar-refractivity contribution in [3.63, 3.8) is 0 Å². The number of hydrogen-bond acceptors (Lipinski definition) is 16. The molecule has 3 aliphatic rings. The Hall–Kier alpha value is -1.87. The second-order valence-electron chi connectivity index (χ2n) is 17.5. The summed E-state index contributed by atoms with van der Waals surface area (Å²) in [6, 6.07) is -0.324. The SMILES string of the molecule is CC(O)C(=O)O.CC[C@H]1OC(=O)[C@H](C)[C@@H](O[C@H]2C[C@@](C)(OC)[C@@H](O)[C@H](C)O2)[C@H](C)[C@@H](O[C@@H]2O[C@H](C)C[C@H](N(C)C)[C@H]2O)[C@](C)(O)C[C@@H](C)C(=O)[C@H](C)[C@@H](O)[C@]1(C)O. The highest BCUT2D eigenvalue weighted by Crippen LogP contribution is 2.40. The zero-order valence-corrected chi connectivity index (χ0v) is 36.3. The van der Waals surface area contributed by atoms with Gasteiger partial charge in [0.1, 0.15) is 35.8 Å². The highest BCUT2D eigenvalue weighted by molar-refractivity contribution is 5.83. The van der Waals surface area contributed by atoms with Crippen molar-refractivity contribution in [3.05, 3.63) is 0 Å². The topological polar surface area (TPSA) is 251 Å². The molecule has 17 nitrogen and oxygen atoms in total. The van der Waals surface area contributed by atoms with E-state index in [-0.39, 0.29) is 31.4 Å². The van der Waals surface area contributed by atoms with E-state index in [4.69, 9.17) is 38.6 Å². The van der Waals surface area contributed by atoms with Crippen LogP contribution in [-0.2, 0) is 42.8 Å². The number of rotatable bonds is 8. The lowest BCUT2D eigenvalue weighted by atomic mass is 9.74. The van der Waals surface area contributed by atoms with E-state index in [9.17, 15) is 39.9 Å². The fraction of sp³-hybridized carbons (Fsp3) is 0.925. The van der Waals surface area contributed by atoms with Crippen molar-refractivity contribution >= 4 is 17.7 Å². The summed E-state index contributed by atoms with van der Waals surface area (Å²) < 4.78 is 37.1. The fourth-order valence-electron chi connectivity index (χ4n) is 8.41. The van der Waals surface area contributed by atoms with Gasteiger partial charge in [0.25, 0.3) is 0 Å². The fourth-order valence-corrected chi connectivity index (χ4v) is 8.41. The number of hydrogen-bond donors (Lipinski definition) is 7. The molecule has 0 radical (unpaired) electrons. The minimum absolute atomic E-state index is 0.0936. The highest BCUT2D eigenvalue weighted by Gasteiger charge is 2.53. The van der Waals surface area contributed by atoms with Crippen molar-refractivity contribution in [2.24, 2.45) is 23.7 Å². The summed E-state index contributed by atoms with van der Waals surface area (Å²) in [7, 11) is 5.18. The number of carboxylic acids is 1. The van der Waals surface area contributed by atoms with Crippen molar-refractivity contribution in [1.29, 1.82) is 0 Å². The Labute approximate surface area is 337 Å². The first-order valence-corrected chi connectivity index (χ1v) is 20.0. The van der Waals surface area contributed by atoms with E-state index in [1.54, 1.807) is 41.5 Å². The number of methoxy groups -OCH3 is 1. The van der Waals surface area contributed by atoms with E-state index < -0.39 is 120 Å². The van der Waals surface area contributed by atoms with Crippen molar-refractivity contribution in [1.82, 2.24) is 4.90 Å². The first-order valence-electron chi connectivity index (χ1n) is 20.0. The van der Waals surface area contributed by atoms with Crippen molar-refractivity contribution < 1.29 is 78.6 Å². The molecule has 3 aliphatic heterocycles. The molecule has 7 N–H and O–H groups in total. The molecule has 0 saturated carbocycles. The van der Waals surface area contributed by atoms with Gasteiger partial charge in [0.2, 0.25) is 0 Å². The number of carbonyl (C=O) groups excluding carboxylic acids is 2. The number of Topliss-reactive ketones (excluding diaryl/α,β-unsaturated/α-hetero) is 1. The Morgan fingerprint density at radius 2 is 1.49 bits per heavy atom. The third-order valence-electron chi connectivity index (χ3n) is 12.2. The van der Waals surface area contributed by atoms with Gasteiger partial charge in [-0.05, 0) is 81.8 Å². The van der Waals surface area contributed by atoms with Crippen LogP contribution in [0, 0.1) is 23.7 Å². The Morgan fingerprint density at radius 3 is 1.98 bits per heavy atom. The molecule has 0 aromatic rings. The second-order valence-corrected chi connectivity index (χ2v) is 17.5. The predicted octanol–water partition coefficient (Wildman–Crippen LogP) is 1.24. The highest BCUT2D eigenvalue weighted by atomic mass is 16.7. The number of carboxylic acid groups (broad SMARTS) is 1. The maximum atomic E-state index is 14.1. The molecule has 17 heteroatoms. The molecule has 3 fully saturated rings. The summed E-state index contributed by atoms with van der Waals surface area (Å²) >= 11 is 0. The molecule has 19 atom stereocenters. The van der Waals surface area contributed by atoms with Crippen LogP contribution in [0.4, 0.5) is 0 Å². The van der Waals surface area contributed by atoms with Gasteiger partial charge in [-0.1, -0.05) is 27.7 Å². The smallest absolute Gasteiger partial charge is 0.332 e. The van der Waals surface area contributed by atoms with Gasteiger partial charge in [0, 0.05) is 37.3 Å². The van der Waals surface area contributed by atoms with Gasteiger partial charge < -0.3 is 69.1 Å². The van der Waals surface area contributed by atoms with Crippen LogP contribution in [0.5, 0.6) is 0 Å². The number of carbonyl (C=O) groups is 3. The molecular weight excluding hydrogens is 750 g/mol. The van der Waals surface area contributed by atoms with E-state index in [1.807, 2.05) is 25.9 Å². The zero-order chi connectivity index (χ0) is 44.1. The van der Waals surface area contributed by atoms with Gasteiger partial charge >= 0.3 is 11.9 Å². The number of esters is 1. The number of nitrogens with zero attached hydrogens (tertiary/aromatic N) is 1. The number of ketones is 1.